The van der Waals surface area contributed by atoms with Gasteiger partial charge in [0.05, 0.1) is 11.4 Å². The van der Waals surface area contributed by atoms with E-state index in [1.54, 1.807) is 0 Å². The van der Waals surface area contributed by atoms with E-state index in [0.29, 0.717) is 6.04 Å². The van der Waals surface area contributed by atoms with Crippen LogP contribution in [-0.2, 0) is 0 Å². The van der Waals surface area contributed by atoms with E-state index >= 15 is 0 Å². The Morgan fingerprint density at radius 1 is 1.26 bits per heavy atom. The fourth-order valence-electron chi connectivity index (χ4n) is 2.81. The highest BCUT2D eigenvalue weighted by Crippen LogP contribution is 2.34. The topological polar surface area (TPSA) is 29.9 Å². The molecule has 1 aliphatic rings. The van der Waals surface area contributed by atoms with E-state index in [-0.39, 0.29) is 0 Å². The Labute approximate surface area is 114 Å². The van der Waals surface area contributed by atoms with Crippen LogP contribution in [0.2, 0.25) is 0 Å². The van der Waals surface area contributed by atoms with Crippen LogP contribution in [0.15, 0.2) is 42.6 Å². The third-order valence-corrected chi connectivity index (χ3v) is 4.17. The molecule has 0 radical (unpaired) electrons. The summed E-state index contributed by atoms with van der Waals surface area (Å²) in [6.45, 7) is 0. The highest BCUT2D eigenvalue weighted by Gasteiger charge is 2.24. The van der Waals surface area contributed by atoms with Crippen LogP contribution in [-0.4, -0.2) is 16.8 Å². The van der Waals surface area contributed by atoms with Crippen molar-refractivity contribution in [2.24, 2.45) is 5.92 Å². The fraction of sp³-hybridized carbons (Fsp3) is 0.438. The van der Waals surface area contributed by atoms with Gasteiger partial charge in [0, 0.05) is 12.2 Å². The van der Waals surface area contributed by atoms with Gasteiger partial charge >= 0.3 is 0 Å². The lowest BCUT2D eigenvalue weighted by molar-refractivity contribution is 0.262. The molecule has 1 fully saturated rings. The Morgan fingerprint density at radius 2 is 2.05 bits per heavy atom. The van der Waals surface area contributed by atoms with Crippen molar-refractivity contribution in [3.05, 3.63) is 48.3 Å². The third-order valence-electron chi connectivity index (χ3n) is 4.17. The maximum absolute atomic E-state index is 4.48. The minimum absolute atomic E-state index is 0.396. The molecule has 1 atom stereocenters. The second-order valence-corrected chi connectivity index (χ2v) is 5.38. The standard InChI is InChI=1S/C16H21N3/c1-17-15(12-13-6-5-7-13)16-10-11-18-19(16)14-8-3-2-4-9-14/h2-4,8-11,13,15,17H,5-7,12H2,1H3. The molecule has 2 aromatic rings. The number of aromatic nitrogens is 2. The second kappa shape index (κ2) is 5.57. The van der Waals surface area contributed by atoms with Gasteiger partial charge in [-0.15, -0.1) is 0 Å². The number of nitrogens with one attached hydrogen (secondary N) is 1. The van der Waals surface area contributed by atoms with Crippen molar-refractivity contribution in [3.8, 4) is 5.69 Å². The van der Waals surface area contributed by atoms with Crippen molar-refractivity contribution in [1.82, 2.24) is 15.1 Å². The van der Waals surface area contributed by atoms with E-state index in [2.05, 4.69) is 45.4 Å². The van der Waals surface area contributed by atoms with Crippen LogP contribution >= 0.6 is 0 Å². The first-order valence-corrected chi connectivity index (χ1v) is 7.15. The predicted molar refractivity (Wildman–Crippen MR) is 77.3 cm³/mol. The summed E-state index contributed by atoms with van der Waals surface area (Å²) in [6, 6.07) is 12.9. The average Bonchev–Trinajstić information content (AvgIpc) is 2.88. The van der Waals surface area contributed by atoms with E-state index in [1.165, 1.54) is 31.4 Å². The normalized spacial score (nSPS) is 17.1. The van der Waals surface area contributed by atoms with Gasteiger partial charge in [-0.05, 0) is 37.6 Å². The summed E-state index contributed by atoms with van der Waals surface area (Å²) in [6.07, 6.45) is 7.29. The summed E-state index contributed by atoms with van der Waals surface area (Å²) in [7, 11) is 2.05. The number of hydrogen-bond donors (Lipinski definition) is 1. The predicted octanol–water partition coefficient (Wildman–Crippen LogP) is 3.32. The summed E-state index contributed by atoms with van der Waals surface area (Å²) in [4.78, 5) is 0. The number of hydrogen-bond acceptors (Lipinski definition) is 2. The molecule has 1 saturated carbocycles. The van der Waals surface area contributed by atoms with E-state index in [1.807, 2.05) is 19.3 Å². The van der Waals surface area contributed by atoms with Crippen molar-refractivity contribution < 1.29 is 0 Å². The largest absolute Gasteiger partial charge is 0.312 e. The van der Waals surface area contributed by atoms with E-state index in [4.69, 9.17) is 0 Å². The Balaban J connectivity index is 1.85. The van der Waals surface area contributed by atoms with Gasteiger partial charge in [-0.2, -0.15) is 5.10 Å². The quantitative estimate of drug-likeness (QED) is 0.888. The van der Waals surface area contributed by atoms with E-state index in [9.17, 15) is 0 Å². The molecule has 0 spiro atoms. The first kappa shape index (κ1) is 12.4. The lowest BCUT2D eigenvalue weighted by Gasteiger charge is -2.29. The molecule has 1 N–H and O–H groups in total. The summed E-state index contributed by atoms with van der Waals surface area (Å²) in [5.74, 6) is 0.886. The van der Waals surface area contributed by atoms with Crippen molar-refractivity contribution in [2.45, 2.75) is 31.7 Å². The lowest BCUT2D eigenvalue weighted by atomic mass is 9.80. The molecule has 1 aromatic carbocycles. The van der Waals surface area contributed by atoms with Crippen LogP contribution in [0.5, 0.6) is 0 Å². The zero-order valence-electron chi connectivity index (χ0n) is 11.4. The van der Waals surface area contributed by atoms with Crippen LogP contribution in [0, 0.1) is 5.92 Å². The molecular weight excluding hydrogens is 234 g/mol. The van der Waals surface area contributed by atoms with Gasteiger partial charge in [0.15, 0.2) is 0 Å². The van der Waals surface area contributed by atoms with Crippen LogP contribution < -0.4 is 5.32 Å². The van der Waals surface area contributed by atoms with E-state index in [0.717, 1.165) is 11.6 Å². The molecule has 1 aliphatic carbocycles. The maximum Gasteiger partial charge on any atom is 0.0649 e. The first-order valence-electron chi connectivity index (χ1n) is 7.15. The molecular formula is C16H21N3. The van der Waals surface area contributed by atoms with E-state index < -0.39 is 0 Å². The molecule has 1 heterocycles. The Hall–Kier alpha value is -1.61. The van der Waals surface area contributed by atoms with Crippen molar-refractivity contribution in [1.29, 1.82) is 0 Å². The highest BCUT2D eigenvalue weighted by atomic mass is 15.3. The molecule has 0 aliphatic heterocycles. The summed E-state index contributed by atoms with van der Waals surface area (Å²) in [5, 5.41) is 7.94. The summed E-state index contributed by atoms with van der Waals surface area (Å²) in [5.41, 5.74) is 2.40. The maximum atomic E-state index is 4.48. The molecule has 100 valence electrons. The first-order chi connectivity index (χ1) is 9.38. The Bertz CT molecular complexity index is 514. The van der Waals surface area contributed by atoms with Gasteiger partial charge < -0.3 is 5.32 Å². The number of para-hydroxylation sites is 1. The van der Waals surface area contributed by atoms with Gasteiger partial charge in [-0.25, -0.2) is 4.68 Å². The zero-order valence-corrected chi connectivity index (χ0v) is 11.4. The Morgan fingerprint density at radius 3 is 2.68 bits per heavy atom. The van der Waals surface area contributed by atoms with Crippen LogP contribution in [0.1, 0.15) is 37.4 Å². The van der Waals surface area contributed by atoms with Crippen molar-refractivity contribution in [2.75, 3.05) is 7.05 Å². The highest BCUT2D eigenvalue weighted by molar-refractivity contribution is 5.33. The van der Waals surface area contributed by atoms with Crippen molar-refractivity contribution in [3.63, 3.8) is 0 Å². The SMILES string of the molecule is CNC(CC1CCC1)c1ccnn1-c1ccccc1. The molecule has 19 heavy (non-hydrogen) atoms. The van der Waals surface area contributed by atoms with Crippen molar-refractivity contribution >= 4 is 0 Å². The number of rotatable bonds is 5. The Kier molecular flexibility index (Phi) is 3.65. The molecule has 3 rings (SSSR count). The van der Waals surface area contributed by atoms with Crippen LogP contribution in [0.25, 0.3) is 5.69 Å². The monoisotopic (exact) mass is 255 g/mol. The molecule has 0 saturated heterocycles. The van der Waals surface area contributed by atoms with Crippen LogP contribution in [0.3, 0.4) is 0 Å². The second-order valence-electron chi connectivity index (χ2n) is 5.38. The molecule has 3 heteroatoms. The molecule has 1 unspecified atom stereocenters. The summed E-state index contributed by atoms with van der Waals surface area (Å²) >= 11 is 0. The fourth-order valence-corrected chi connectivity index (χ4v) is 2.81. The van der Waals surface area contributed by atoms with Crippen LogP contribution in [0.4, 0.5) is 0 Å². The molecule has 0 bridgehead atoms. The van der Waals surface area contributed by atoms with Gasteiger partial charge in [0.25, 0.3) is 0 Å². The van der Waals surface area contributed by atoms with Gasteiger partial charge in [0.2, 0.25) is 0 Å². The lowest BCUT2D eigenvalue weighted by Crippen LogP contribution is -2.25. The third kappa shape index (κ3) is 2.56. The number of benzene rings is 1. The van der Waals surface area contributed by atoms with Gasteiger partial charge in [-0.3, -0.25) is 0 Å². The zero-order chi connectivity index (χ0) is 13.1. The van der Waals surface area contributed by atoms with Gasteiger partial charge in [-0.1, -0.05) is 37.5 Å². The summed E-state index contributed by atoms with van der Waals surface area (Å²) < 4.78 is 2.06. The van der Waals surface area contributed by atoms with Gasteiger partial charge in [0.1, 0.15) is 0 Å². The number of nitrogens with zero attached hydrogens (tertiary/aromatic N) is 2. The molecule has 0 amide bonds. The minimum Gasteiger partial charge on any atom is -0.312 e. The molecule has 3 nitrogen and oxygen atoms in total. The minimum atomic E-state index is 0.396. The molecule has 1 aromatic heterocycles. The smallest absolute Gasteiger partial charge is 0.0649 e. The average molecular weight is 255 g/mol.